The normalized spacial score (nSPS) is 13.0. The monoisotopic (exact) mass is 333 g/mol. The summed E-state index contributed by atoms with van der Waals surface area (Å²) in [4.78, 5) is 12.2. The van der Waals surface area contributed by atoms with Crippen molar-refractivity contribution in [3.63, 3.8) is 0 Å². The topological polar surface area (TPSA) is 42.2 Å². The highest BCUT2D eigenvalue weighted by molar-refractivity contribution is 5.94. The van der Waals surface area contributed by atoms with Gasteiger partial charge in [-0.2, -0.15) is 13.2 Å². The SMILES string of the molecule is CC(NC(=O)c1ccc(C(F)(F)F)cc1)c1cc2ccccc2o1. The molecule has 0 spiro atoms. The number of furan rings is 1. The molecule has 0 saturated heterocycles. The molecule has 0 aliphatic carbocycles. The summed E-state index contributed by atoms with van der Waals surface area (Å²) >= 11 is 0. The molecule has 6 heteroatoms. The second-order valence-electron chi connectivity index (χ2n) is 5.46. The number of fused-ring (bicyclic) bond motifs is 1. The molecule has 0 bridgehead atoms. The maximum Gasteiger partial charge on any atom is 0.416 e. The molecule has 1 atom stereocenters. The highest BCUT2D eigenvalue weighted by Gasteiger charge is 2.30. The van der Waals surface area contributed by atoms with Crippen molar-refractivity contribution in [1.29, 1.82) is 0 Å². The third kappa shape index (κ3) is 3.27. The van der Waals surface area contributed by atoms with Gasteiger partial charge >= 0.3 is 6.18 Å². The minimum Gasteiger partial charge on any atom is -0.459 e. The Balaban J connectivity index is 1.74. The van der Waals surface area contributed by atoms with E-state index in [0.29, 0.717) is 11.3 Å². The number of nitrogens with one attached hydrogen (secondary N) is 1. The Hall–Kier alpha value is -2.76. The second kappa shape index (κ2) is 6.03. The van der Waals surface area contributed by atoms with Crippen molar-refractivity contribution < 1.29 is 22.4 Å². The van der Waals surface area contributed by atoms with Crippen LogP contribution in [0.4, 0.5) is 13.2 Å². The lowest BCUT2D eigenvalue weighted by Gasteiger charge is -2.12. The van der Waals surface area contributed by atoms with Crippen LogP contribution in [0.5, 0.6) is 0 Å². The molecule has 1 heterocycles. The van der Waals surface area contributed by atoms with Gasteiger partial charge in [-0.3, -0.25) is 4.79 Å². The molecular formula is C18H14F3NO2. The lowest BCUT2D eigenvalue weighted by molar-refractivity contribution is -0.137. The fourth-order valence-electron chi connectivity index (χ4n) is 2.38. The standard InChI is InChI=1S/C18H14F3NO2/c1-11(16-10-13-4-2-3-5-15(13)24-16)22-17(23)12-6-8-14(9-7-12)18(19,20)21/h2-11H,1H3,(H,22,23). The van der Waals surface area contributed by atoms with E-state index in [2.05, 4.69) is 5.32 Å². The highest BCUT2D eigenvalue weighted by Crippen LogP contribution is 2.29. The molecule has 3 nitrogen and oxygen atoms in total. The average Bonchev–Trinajstić information content (AvgIpc) is 2.98. The number of alkyl halides is 3. The van der Waals surface area contributed by atoms with Crippen LogP contribution in [0.2, 0.25) is 0 Å². The Labute approximate surface area is 136 Å². The van der Waals surface area contributed by atoms with E-state index in [4.69, 9.17) is 4.42 Å². The Morgan fingerprint density at radius 1 is 1.08 bits per heavy atom. The molecule has 1 unspecified atom stereocenters. The van der Waals surface area contributed by atoms with Crippen molar-refractivity contribution >= 4 is 16.9 Å². The van der Waals surface area contributed by atoms with Gasteiger partial charge in [-0.1, -0.05) is 18.2 Å². The zero-order chi connectivity index (χ0) is 17.3. The number of halogens is 3. The van der Waals surface area contributed by atoms with Crippen molar-refractivity contribution in [2.24, 2.45) is 0 Å². The van der Waals surface area contributed by atoms with Crippen molar-refractivity contribution in [3.05, 3.63) is 71.5 Å². The summed E-state index contributed by atoms with van der Waals surface area (Å²) in [6, 6.07) is 13.0. The molecular weight excluding hydrogens is 319 g/mol. The van der Waals surface area contributed by atoms with Gasteiger partial charge in [-0.25, -0.2) is 0 Å². The van der Waals surface area contributed by atoms with Crippen molar-refractivity contribution in [3.8, 4) is 0 Å². The van der Waals surface area contributed by atoms with Gasteiger partial charge < -0.3 is 9.73 Å². The molecule has 3 rings (SSSR count). The fraction of sp³-hybridized carbons (Fsp3) is 0.167. The summed E-state index contributed by atoms with van der Waals surface area (Å²) in [5, 5.41) is 3.64. The van der Waals surface area contributed by atoms with Crippen molar-refractivity contribution in [1.82, 2.24) is 5.32 Å². The number of hydrogen-bond acceptors (Lipinski definition) is 2. The smallest absolute Gasteiger partial charge is 0.416 e. The summed E-state index contributed by atoms with van der Waals surface area (Å²) in [7, 11) is 0. The van der Waals surface area contributed by atoms with Crippen LogP contribution in [0, 0.1) is 0 Å². The third-order valence-electron chi connectivity index (χ3n) is 3.69. The van der Waals surface area contributed by atoms with Gasteiger partial charge in [0.1, 0.15) is 11.3 Å². The maximum absolute atomic E-state index is 12.5. The predicted octanol–water partition coefficient (Wildman–Crippen LogP) is 4.94. The molecule has 1 N–H and O–H groups in total. The van der Waals surface area contributed by atoms with E-state index >= 15 is 0 Å². The van der Waals surface area contributed by atoms with Crippen LogP contribution < -0.4 is 5.32 Å². The maximum atomic E-state index is 12.5. The first kappa shape index (κ1) is 16.1. The van der Waals surface area contributed by atoms with Crippen molar-refractivity contribution in [2.45, 2.75) is 19.1 Å². The molecule has 1 amide bonds. The van der Waals surface area contributed by atoms with Gasteiger partial charge in [0, 0.05) is 10.9 Å². The molecule has 0 fully saturated rings. The number of benzene rings is 2. The molecule has 3 aromatic rings. The molecule has 0 aliphatic heterocycles. The summed E-state index contributed by atoms with van der Waals surface area (Å²) in [5.74, 6) is 0.119. The fourth-order valence-corrected chi connectivity index (χ4v) is 2.38. The number of hydrogen-bond donors (Lipinski definition) is 1. The van der Waals surface area contributed by atoms with Gasteiger partial charge in [-0.05, 0) is 43.3 Å². The number of carbonyl (C=O) groups excluding carboxylic acids is 1. The van der Waals surface area contributed by atoms with E-state index in [9.17, 15) is 18.0 Å². The Morgan fingerprint density at radius 2 is 1.75 bits per heavy atom. The first-order chi connectivity index (χ1) is 11.3. The second-order valence-corrected chi connectivity index (χ2v) is 5.46. The van der Waals surface area contributed by atoms with E-state index in [1.807, 2.05) is 30.3 Å². The zero-order valence-electron chi connectivity index (χ0n) is 12.7. The first-order valence-corrected chi connectivity index (χ1v) is 7.31. The zero-order valence-corrected chi connectivity index (χ0v) is 12.7. The quantitative estimate of drug-likeness (QED) is 0.737. The van der Waals surface area contributed by atoms with E-state index in [1.165, 1.54) is 0 Å². The summed E-state index contributed by atoms with van der Waals surface area (Å²) in [6.07, 6.45) is -4.42. The number of rotatable bonds is 3. The molecule has 0 aliphatic rings. The van der Waals surface area contributed by atoms with Crippen LogP contribution in [0.3, 0.4) is 0 Å². The molecule has 1 aromatic heterocycles. The van der Waals surface area contributed by atoms with E-state index in [0.717, 1.165) is 29.7 Å². The van der Waals surface area contributed by atoms with Crippen LogP contribution in [-0.2, 0) is 6.18 Å². The van der Waals surface area contributed by atoms with Gasteiger partial charge in [0.25, 0.3) is 5.91 Å². The Morgan fingerprint density at radius 3 is 2.38 bits per heavy atom. The van der Waals surface area contributed by atoms with E-state index < -0.39 is 23.7 Å². The minimum atomic E-state index is -4.42. The predicted molar refractivity (Wildman–Crippen MR) is 83.5 cm³/mol. The highest BCUT2D eigenvalue weighted by atomic mass is 19.4. The van der Waals surface area contributed by atoms with Gasteiger partial charge in [0.2, 0.25) is 0 Å². The van der Waals surface area contributed by atoms with Crippen LogP contribution in [-0.4, -0.2) is 5.91 Å². The molecule has 0 saturated carbocycles. The average molecular weight is 333 g/mol. The Kier molecular flexibility index (Phi) is 4.05. The van der Waals surface area contributed by atoms with Crippen LogP contribution in [0.15, 0.2) is 59.0 Å². The summed E-state index contributed by atoms with van der Waals surface area (Å²) < 4.78 is 43.3. The van der Waals surface area contributed by atoms with Crippen molar-refractivity contribution in [2.75, 3.05) is 0 Å². The lowest BCUT2D eigenvalue weighted by Crippen LogP contribution is -2.26. The third-order valence-corrected chi connectivity index (χ3v) is 3.69. The number of amides is 1. The number of carbonyl (C=O) groups is 1. The van der Waals surface area contributed by atoms with Gasteiger partial charge in [0.15, 0.2) is 0 Å². The lowest BCUT2D eigenvalue weighted by atomic mass is 10.1. The number of para-hydroxylation sites is 1. The van der Waals surface area contributed by atoms with Gasteiger partial charge in [0.05, 0.1) is 11.6 Å². The largest absolute Gasteiger partial charge is 0.459 e. The van der Waals surface area contributed by atoms with E-state index in [1.54, 1.807) is 6.92 Å². The van der Waals surface area contributed by atoms with Gasteiger partial charge in [-0.15, -0.1) is 0 Å². The molecule has 24 heavy (non-hydrogen) atoms. The Bertz CT molecular complexity index is 833. The summed E-state index contributed by atoms with van der Waals surface area (Å²) in [5.41, 5.74) is 0.0819. The van der Waals surface area contributed by atoms with E-state index in [-0.39, 0.29) is 5.56 Å². The first-order valence-electron chi connectivity index (χ1n) is 7.31. The minimum absolute atomic E-state index is 0.158. The van der Waals surface area contributed by atoms with Crippen LogP contribution in [0.1, 0.15) is 34.6 Å². The van der Waals surface area contributed by atoms with Crippen LogP contribution in [0.25, 0.3) is 11.0 Å². The summed E-state index contributed by atoms with van der Waals surface area (Å²) in [6.45, 7) is 1.75. The van der Waals surface area contributed by atoms with Crippen LogP contribution >= 0.6 is 0 Å². The molecule has 0 radical (unpaired) electrons. The molecule has 2 aromatic carbocycles. The molecule has 124 valence electrons.